The molecule has 0 spiro atoms. The zero-order chi connectivity index (χ0) is 20.6. The maximum atomic E-state index is 10.8. The number of allylic oxidation sites excluding steroid dienone is 6. The van der Waals surface area contributed by atoms with Gasteiger partial charge in [0.25, 0.3) is 0 Å². The molecule has 5 heteroatoms. The van der Waals surface area contributed by atoms with Crippen LogP contribution in [0.15, 0.2) is 78.9 Å². The van der Waals surface area contributed by atoms with Crippen LogP contribution in [0, 0.1) is 0 Å². The molecule has 1 rings (SSSR count). The molecule has 5 nitrogen and oxygen atoms in total. The quantitative estimate of drug-likeness (QED) is 0.454. The number of rotatable bonds is 13. The van der Waals surface area contributed by atoms with Crippen molar-refractivity contribution >= 4 is 5.78 Å². The molecule has 152 valence electrons. The largest absolute Gasteiger partial charge is 0.491 e. The highest BCUT2D eigenvalue weighted by Gasteiger charge is 2.12. The van der Waals surface area contributed by atoms with Gasteiger partial charge in [0.15, 0.2) is 0 Å². The van der Waals surface area contributed by atoms with Gasteiger partial charge in [-0.05, 0) is 31.9 Å². The van der Waals surface area contributed by atoms with Gasteiger partial charge >= 0.3 is 0 Å². The summed E-state index contributed by atoms with van der Waals surface area (Å²) < 4.78 is 5.45. The summed E-state index contributed by atoms with van der Waals surface area (Å²) in [6, 6.07) is 9.30. The molecular formula is C23H30O5. The standard InChI is InChI=1S/C23H30O5/c1-19(24)12-11-17-23(27)22(26)16-10-5-3-2-4-7-13-20(25)18-28-21-14-8-6-9-15-21/h2-10,13-16,20,22-23,25-27H,11-12,17-18H2,1H3/b4-2-,5-3+,13-7+,16-10+/t20-,22+,23-/m0/s1. The average molecular weight is 386 g/mol. The van der Waals surface area contributed by atoms with Crippen molar-refractivity contribution in [2.45, 2.75) is 44.5 Å². The number of ether oxygens (including phenoxy) is 1. The highest BCUT2D eigenvalue weighted by atomic mass is 16.5. The summed E-state index contributed by atoms with van der Waals surface area (Å²) in [7, 11) is 0. The molecule has 1 aromatic rings. The van der Waals surface area contributed by atoms with Gasteiger partial charge in [0.05, 0.1) is 12.2 Å². The first-order valence-electron chi connectivity index (χ1n) is 9.39. The molecule has 0 amide bonds. The predicted molar refractivity (Wildman–Crippen MR) is 111 cm³/mol. The second kappa shape index (κ2) is 14.6. The third-order valence-corrected chi connectivity index (χ3v) is 3.78. The number of carbonyl (C=O) groups excluding carboxylic acids is 1. The first-order chi connectivity index (χ1) is 13.5. The number of ketones is 1. The second-order valence-electron chi connectivity index (χ2n) is 6.38. The fourth-order valence-corrected chi connectivity index (χ4v) is 2.24. The van der Waals surface area contributed by atoms with Crippen LogP contribution in [-0.4, -0.2) is 46.0 Å². The van der Waals surface area contributed by atoms with Crippen LogP contribution in [0.4, 0.5) is 0 Å². The van der Waals surface area contributed by atoms with Crippen LogP contribution in [0.1, 0.15) is 26.2 Å². The zero-order valence-corrected chi connectivity index (χ0v) is 16.2. The topological polar surface area (TPSA) is 87.0 Å². The lowest BCUT2D eigenvalue weighted by molar-refractivity contribution is -0.117. The highest BCUT2D eigenvalue weighted by Crippen LogP contribution is 2.09. The number of hydrogen-bond donors (Lipinski definition) is 3. The molecule has 0 saturated heterocycles. The van der Waals surface area contributed by atoms with Crippen LogP contribution in [0.5, 0.6) is 5.75 Å². The van der Waals surface area contributed by atoms with Crippen LogP contribution < -0.4 is 4.74 Å². The van der Waals surface area contributed by atoms with Crippen molar-refractivity contribution < 1.29 is 24.9 Å². The zero-order valence-electron chi connectivity index (χ0n) is 16.2. The Morgan fingerprint density at radius 3 is 2.21 bits per heavy atom. The summed E-state index contributed by atoms with van der Waals surface area (Å²) in [5.41, 5.74) is 0. The van der Waals surface area contributed by atoms with Crippen molar-refractivity contribution in [1.82, 2.24) is 0 Å². The SMILES string of the molecule is CC(=O)CCC[C@H](O)[C@H](O)/C=C/C=C/C=C\C=C\[C@H](O)COc1ccccc1. The number of hydrogen-bond acceptors (Lipinski definition) is 5. The maximum Gasteiger partial charge on any atom is 0.129 e. The fraction of sp³-hybridized carbons (Fsp3) is 0.348. The molecule has 0 aromatic heterocycles. The smallest absolute Gasteiger partial charge is 0.129 e. The van der Waals surface area contributed by atoms with E-state index in [1.54, 1.807) is 42.5 Å². The Bertz CT molecular complexity index is 661. The highest BCUT2D eigenvalue weighted by molar-refractivity contribution is 5.75. The normalized spacial score (nSPS) is 15.6. The Morgan fingerprint density at radius 2 is 1.57 bits per heavy atom. The summed E-state index contributed by atoms with van der Waals surface area (Å²) in [6.45, 7) is 1.69. The first kappa shape index (κ1) is 23.6. The molecule has 28 heavy (non-hydrogen) atoms. The molecule has 0 aliphatic rings. The van der Waals surface area contributed by atoms with Gasteiger partial charge in [0, 0.05) is 6.42 Å². The molecule has 0 aliphatic carbocycles. The average Bonchev–Trinajstić information content (AvgIpc) is 2.68. The van der Waals surface area contributed by atoms with Crippen molar-refractivity contribution in [3.63, 3.8) is 0 Å². The molecule has 0 aliphatic heterocycles. The number of aliphatic hydroxyl groups is 3. The van der Waals surface area contributed by atoms with Gasteiger partial charge in [0.1, 0.15) is 24.2 Å². The minimum atomic E-state index is -0.958. The Morgan fingerprint density at radius 1 is 0.964 bits per heavy atom. The van der Waals surface area contributed by atoms with Crippen molar-refractivity contribution in [2.24, 2.45) is 0 Å². The Labute approximate surface area is 167 Å². The van der Waals surface area contributed by atoms with Gasteiger partial charge < -0.3 is 24.9 Å². The fourth-order valence-electron chi connectivity index (χ4n) is 2.24. The van der Waals surface area contributed by atoms with Gasteiger partial charge in [-0.2, -0.15) is 0 Å². The van der Waals surface area contributed by atoms with E-state index >= 15 is 0 Å². The lowest BCUT2D eigenvalue weighted by atomic mass is 10.1. The van der Waals surface area contributed by atoms with Gasteiger partial charge in [0.2, 0.25) is 0 Å². The Balaban J connectivity index is 2.22. The Hall–Kier alpha value is -2.47. The molecule has 3 atom stereocenters. The van der Waals surface area contributed by atoms with Gasteiger partial charge in [-0.15, -0.1) is 0 Å². The van der Waals surface area contributed by atoms with Crippen LogP contribution in [0.3, 0.4) is 0 Å². The van der Waals surface area contributed by atoms with Crippen molar-refractivity contribution in [3.8, 4) is 5.75 Å². The number of aliphatic hydroxyl groups excluding tert-OH is 3. The first-order valence-corrected chi connectivity index (χ1v) is 9.39. The van der Waals surface area contributed by atoms with Crippen LogP contribution in [0.2, 0.25) is 0 Å². The minimum Gasteiger partial charge on any atom is -0.491 e. The van der Waals surface area contributed by atoms with E-state index in [-0.39, 0.29) is 12.4 Å². The number of carbonyl (C=O) groups is 1. The molecule has 0 fully saturated rings. The van der Waals surface area contributed by atoms with Crippen molar-refractivity contribution in [1.29, 1.82) is 0 Å². The summed E-state index contributed by atoms with van der Waals surface area (Å²) in [5.74, 6) is 0.795. The minimum absolute atomic E-state index is 0.0808. The molecule has 1 aromatic carbocycles. The van der Waals surface area contributed by atoms with E-state index in [1.165, 1.54) is 13.0 Å². The van der Waals surface area contributed by atoms with Crippen molar-refractivity contribution in [2.75, 3.05) is 6.61 Å². The van der Waals surface area contributed by atoms with E-state index in [0.29, 0.717) is 25.0 Å². The third-order valence-electron chi connectivity index (χ3n) is 3.78. The van der Waals surface area contributed by atoms with E-state index < -0.39 is 18.3 Å². The lowest BCUT2D eigenvalue weighted by Crippen LogP contribution is -2.23. The lowest BCUT2D eigenvalue weighted by Gasteiger charge is -2.13. The Kier molecular flexibility index (Phi) is 12.3. The maximum absolute atomic E-state index is 10.8. The number of Topliss-reactive ketones (excluding diaryl/α,β-unsaturated/α-hetero) is 1. The van der Waals surface area contributed by atoms with Crippen LogP contribution in [0.25, 0.3) is 0 Å². The molecule has 0 unspecified atom stereocenters. The third kappa shape index (κ3) is 12.0. The summed E-state index contributed by atoms with van der Waals surface area (Å²) in [4.78, 5) is 10.8. The summed E-state index contributed by atoms with van der Waals surface area (Å²) in [5, 5.41) is 29.4. The predicted octanol–water partition coefficient (Wildman–Crippen LogP) is 3.13. The van der Waals surface area contributed by atoms with E-state index in [1.807, 2.05) is 30.3 Å². The molecule has 0 heterocycles. The van der Waals surface area contributed by atoms with E-state index in [2.05, 4.69) is 0 Å². The molecule has 0 radical (unpaired) electrons. The van der Waals surface area contributed by atoms with Crippen molar-refractivity contribution in [3.05, 3.63) is 78.9 Å². The molecular weight excluding hydrogens is 356 g/mol. The molecule has 0 saturated carbocycles. The van der Waals surface area contributed by atoms with Gasteiger partial charge in [-0.1, -0.05) is 66.8 Å². The number of benzene rings is 1. The van der Waals surface area contributed by atoms with Gasteiger partial charge in [-0.25, -0.2) is 0 Å². The van der Waals surface area contributed by atoms with Crippen LogP contribution in [-0.2, 0) is 4.79 Å². The van der Waals surface area contributed by atoms with Gasteiger partial charge in [-0.3, -0.25) is 0 Å². The number of para-hydroxylation sites is 1. The van der Waals surface area contributed by atoms with E-state index in [0.717, 1.165) is 0 Å². The second-order valence-corrected chi connectivity index (χ2v) is 6.38. The van der Waals surface area contributed by atoms with Crippen LogP contribution >= 0.6 is 0 Å². The summed E-state index contributed by atoms with van der Waals surface area (Å²) in [6.07, 6.45) is 12.4. The molecule has 0 bridgehead atoms. The monoisotopic (exact) mass is 386 g/mol. The van der Waals surface area contributed by atoms with E-state index in [9.17, 15) is 20.1 Å². The van der Waals surface area contributed by atoms with E-state index in [4.69, 9.17) is 4.74 Å². The summed E-state index contributed by atoms with van der Waals surface area (Å²) >= 11 is 0. The molecule has 3 N–H and O–H groups in total.